The van der Waals surface area contributed by atoms with Crippen molar-refractivity contribution in [3.05, 3.63) is 134 Å². The molecule has 3 N–H and O–H groups in total. The molecular weight excluding hydrogens is 915 g/mol. The van der Waals surface area contributed by atoms with E-state index >= 15 is 0 Å². The Balaban J connectivity index is 3.58. The third-order valence-corrected chi connectivity index (χ3v) is 13.9. The number of rotatable bonds is 57. The molecule has 0 aliphatic carbocycles. The first-order chi connectivity index (χ1) is 37.2. The minimum atomic E-state index is -0.871. The molecule has 0 radical (unpaired) electrons. The maximum absolute atomic E-state index is 12.5. The smallest absolute Gasteiger partial charge is 0.220 e. The van der Waals surface area contributed by atoms with Crippen LogP contribution in [0.3, 0.4) is 0 Å². The van der Waals surface area contributed by atoms with Crippen LogP contribution in [0.25, 0.3) is 0 Å². The van der Waals surface area contributed by atoms with E-state index in [0.29, 0.717) is 6.42 Å². The van der Waals surface area contributed by atoms with Gasteiger partial charge in [-0.05, 0) is 103 Å². The molecule has 4 nitrogen and oxygen atoms in total. The number of carbonyl (C=O) groups is 1. The summed E-state index contributed by atoms with van der Waals surface area (Å²) >= 11 is 0. The Bertz CT molecular complexity index is 1500. The number of hydrogen-bond acceptors (Lipinski definition) is 3. The van der Waals surface area contributed by atoms with E-state index < -0.39 is 12.1 Å². The van der Waals surface area contributed by atoms with Crippen LogP contribution in [0.15, 0.2) is 134 Å². The fourth-order valence-electron chi connectivity index (χ4n) is 9.07. The molecule has 4 heteroatoms. The molecule has 2 unspecified atom stereocenters. The first kappa shape index (κ1) is 71.5. The van der Waals surface area contributed by atoms with Gasteiger partial charge in [0.05, 0.1) is 18.8 Å². The molecule has 0 bridgehead atoms. The van der Waals surface area contributed by atoms with Gasteiger partial charge in [0.1, 0.15) is 0 Å². The van der Waals surface area contributed by atoms with E-state index in [9.17, 15) is 15.0 Å². The molecule has 0 aromatic heterocycles. The molecule has 1 amide bonds. The molecule has 0 rings (SSSR count). The van der Waals surface area contributed by atoms with Crippen molar-refractivity contribution >= 4 is 5.91 Å². The summed E-state index contributed by atoms with van der Waals surface area (Å²) < 4.78 is 0. The molecule has 0 saturated heterocycles. The number of nitrogens with one attached hydrogen (secondary N) is 1. The lowest BCUT2D eigenvalue weighted by Gasteiger charge is -2.19. The highest BCUT2D eigenvalue weighted by atomic mass is 16.3. The van der Waals surface area contributed by atoms with E-state index in [0.717, 1.165) is 89.9 Å². The monoisotopic (exact) mass is 1040 g/mol. The lowest BCUT2D eigenvalue weighted by atomic mass is 10.0. The number of allylic oxidation sites excluding steroid dienone is 21. The Morgan fingerprint density at radius 3 is 0.933 bits per heavy atom. The zero-order valence-electron chi connectivity index (χ0n) is 49.3. The predicted octanol–water partition coefficient (Wildman–Crippen LogP) is 21.8. The summed E-state index contributed by atoms with van der Waals surface area (Å²) in [5, 5.41) is 23.2. The Morgan fingerprint density at radius 1 is 0.333 bits per heavy atom. The average molecular weight is 1040 g/mol. The maximum Gasteiger partial charge on any atom is 0.220 e. The number of aliphatic hydroxyl groups is 2. The summed E-state index contributed by atoms with van der Waals surface area (Å²) in [6.45, 7) is 4.19. The van der Waals surface area contributed by atoms with Crippen LogP contribution in [-0.2, 0) is 4.79 Å². The van der Waals surface area contributed by atoms with Crippen LogP contribution in [0.4, 0.5) is 0 Å². The van der Waals surface area contributed by atoms with Gasteiger partial charge in [-0.1, -0.05) is 314 Å². The van der Waals surface area contributed by atoms with E-state index in [2.05, 4.69) is 141 Å². The second-order valence-electron chi connectivity index (χ2n) is 21.1. The molecule has 0 fully saturated rings. The van der Waals surface area contributed by atoms with Gasteiger partial charge >= 0.3 is 0 Å². The summed E-state index contributed by atoms with van der Waals surface area (Å²) in [6, 6.07) is -0.648. The van der Waals surface area contributed by atoms with E-state index in [1.54, 1.807) is 6.08 Å². The fourth-order valence-corrected chi connectivity index (χ4v) is 9.07. The predicted molar refractivity (Wildman–Crippen MR) is 335 cm³/mol. The number of amides is 1. The van der Waals surface area contributed by atoms with Crippen molar-refractivity contribution in [1.82, 2.24) is 5.32 Å². The van der Waals surface area contributed by atoms with Gasteiger partial charge in [-0.3, -0.25) is 4.79 Å². The highest BCUT2D eigenvalue weighted by Crippen LogP contribution is 2.16. The van der Waals surface area contributed by atoms with Crippen molar-refractivity contribution in [2.45, 2.75) is 302 Å². The van der Waals surface area contributed by atoms with Crippen molar-refractivity contribution in [2.75, 3.05) is 6.61 Å². The average Bonchev–Trinajstić information content (AvgIpc) is 3.41. The number of unbranched alkanes of at least 4 members (excludes halogenated alkanes) is 30. The molecule has 0 aromatic rings. The Morgan fingerprint density at radius 2 is 0.600 bits per heavy atom. The molecule has 75 heavy (non-hydrogen) atoms. The van der Waals surface area contributed by atoms with Gasteiger partial charge in [-0.2, -0.15) is 0 Å². The van der Waals surface area contributed by atoms with Gasteiger partial charge < -0.3 is 15.5 Å². The van der Waals surface area contributed by atoms with E-state index in [4.69, 9.17) is 0 Å². The number of aliphatic hydroxyl groups excluding tert-OH is 2. The summed E-state index contributed by atoms with van der Waals surface area (Å²) in [6.07, 6.45) is 101. The zero-order chi connectivity index (χ0) is 54.1. The van der Waals surface area contributed by atoms with Gasteiger partial charge in [0.25, 0.3) is 0 Å². The van der Waals surface area contributed by atoms with Gasteiger partial charge in [-0.15, -0.1) is 0 Å². The van der Waals surface area contributed by atoms with Crippen LogP contribution in [-0.4, -0.2) is 34.9 Å². The molecule has 2 atom stereocenters. The maximum atomic E-state index is 12.5. The van der Waals surface area contributed by atoms with Crippen LogP contribution < -0.4 is 5.32 Å². The summed E-state index contributed by atoms with van der Waals surface area (Å²) in [5.74, 6) is -0.0776. The number of hydrogen-bond donors (Lipinski definition) is 3. The second kappa shape index (κ2) is 64.8. The third kappa shape index (κ3) is 61.3. The Kier molecular flexibility index (Phi) is 61.8. The molecule has 0 aliphatic rings. The Hall–Kier alpha value is -3.47. The number of carbonyl (C=O) groups excluding carboxylic acids is 1. The SMILES string of the molecule is CC/C=C\C/C=C\C/C=C\C/C=C\C/C=C\C/C=C\C/C=C\C/C=C\C/C=C\CCCCCCCCCCCCCCCC(=O)NC(CO)C(O)/C=C/CC/C=C/CCCCCCCCCCCCCCCCCC. The van der Waals surface area contributed by atoms with Crippen LogP contribution in [0, 0.1) is 0 Å². The molecule has 0 heterocycles. The van der Waals surface area contributed by atoms with Crippen molar-refractivity contribution in [2.24, 2.45) is 0 Å². The normalized spacial score (nSPS) is 13.7. The van der Waals surface area contributed by atoms with Gasteiger partial charge in [0.15, 0.2) is 0 Å². The standard InChI is InChI=1S/C71H121NO3/c1-3-5-7-9-11-13-15-17-19-21-23-25-27-28-29-30-31-32-33-34-35-36-37-38-39-40-41-42-43-44-45-47-49-51-53-55-57-59-61-63-65-67-71(75)72-69(68-73)70(74)66-64-62-60-58-56-54-52-50-48-46-26-24-22-20-18-16-14-12-10-8-6-4-2/h5,7,11,13,17,19,23,25,28-29,31-32,34-35,37-38,40-41,56,58,64,66,69-70,73-74H,3-4,6,8-10,12,14-16,18,20-22,24,26-27,30,33,36,39,42-55,57,59-63,65,67-68H2,1-2H3,(H,72,75)/b7-5-,13-11-,19-17-,25-23-,29-28-,32-31-,35-34-,38-37-,41-40-,58-56+,66-64+. The van der Waals surface area contributed by atoms with Gasteiger partial charge in [0, 0.05) is 6.42 Å². The van der Waals surface area contributed by atoms with Gasteiger partial charge in [0.2, 0.25) is 5.91 Å². The lowest BCUT2D eigenvalue weighted by molar-refractivity contribution is -0.123. The van der Waals surface area contributed by atoms with Crippen LogP contribution in [0.2, 0.25) is 0 Å². The third-order valence-electron chi connectivity index (χ3n) is 13.9. The quantitative estimate of drug-likeness (QED) is 0.0420. The van der Waals surface area contributed by atoms with E-state index in [1.165, 1.54) is 180 Å². The molecule has 428 valence electrons. The molecule has 0 saturated carbocycles. The van der Waals surface area contributed by atoms with E-state index in [1.807, 2.05) is 6.08 Å². The van der Waals surface area contributed by atoms with Crippen molar-refractivity contribution in [3.63, 3.8) is 0 Å². The second-order valence-corrected chi connectivity index (χ2v) is 21.1. The minimum Gasteiger partial charge on any atom is -0.394 e. The van der Waals surface area contributed by atoms with Crippen molar-refractivity contribution < 1.29 is 15.0 Å². The molecule has 0 aromatic carbocycles. The summed E-state index contributed by atoms with van der Waals surface area (Å²) in [4.78, 5) is 12.5. The summed E-state index contributed by atoms with van der Waals surface area (Å²) in [7, 11) is 0. The Labute approximate surface area is 466 Å². The lowest BCUT2D eigenvalue weighted by Crippen LogP contribution is -2.45. The molecular formula is C71H121NO3. The topological polar surface area (TPSA) is 69.6 Å². The zero-order valence-corrected chi connectivity index (χ0v) is 49.3. The van der Waals surface area contributed by atoms with Crippen LogP contribution in [0.1, 0.15) is 290 Å². The first-order valence-corrected chi connectivity index (χ1v) is 31.9. The van der Waals surface area contributed by atoms with Crippen molar-refractivity contribution in [1.29, 1.82) is 0 Å². The highest BCUT2D eigenvalue weighted by molar-refractivity contribution is 5.76. The molecule has 0 aliphatic heterocycles. The highest BCUT2D eigenvalue weighted by Gasteiger charge is 2.18. The fraction of sp³-hybridized carbons (Fsp3) is 0.676. The first-order valence-electron chi connectivity index (χ1n) is 31.9. The largest absolute Gasteiger partial charge is 0.394 e. The van der Waals surface area contributed by atoms with Crippen molar-refractivity contribution in [3.8, 4) is 0 Å². The van der Waals surface area contributed by atoms with Gasteiger partial charge in [-0.25, -0.2) is 0 Å². The van der Waals surface area contributed by atoms with E-state index in [-0.39, 0.29) is 12.5 Å². The minimum absolute atomic E-state index is 0.0776. The van der Waals surface area contributed by atoms with Crippen LogP contribution in [0.5, 0.6) is 0 Å². The van der Waals surface area contributed by atoms with Crippen LogP contribution >= 0.6 is 0 Å². The molecule has 0 spiro atoms. The summed E-state index contributed by atoms with van der Waals surface area (Å²) in [5.41, 5.74) is 0.